The summed E-state index contributed by atoms with van der Waals surface area (Å²) in [5.41, 5.74) is 7.35. The highest BCUT2D eigenvalue weighted by molar-refractivity contribution is 6.27. The van der Waals surface area contributed by atoms with Crippen LogP contribution in [0.25, 0.3) is 65.8 Å². The number of nitrogens with zero attached hydrogens (tertiary/aromatic N) is 5. The Morgan fingerprint density at radius 1 is 0.559 bits per heavy atom. The lowest BCUT2D eigenvalue weighted by molar-refractivity contribution is 1.18. The second kappa shape index (κ2) is 6.39. The Bertz CT molecular complexity index is 2070. The largest absolute Gasteiger partial charge is 0.308 e. The van der Waals surface area contributed by atoms with Crippen molar-refractivity contribution in [2.24, 2.45) is 0 Å². The predicted molar refractivity (Wildman–Crippen MR) is 138 cm³/mol. The average molecular weight is 435 g/mol. The standard InChI is InChI=1S/C29H17N5/c1-2-6-18(7-3-1)33-24-9-5-4-8-19(24)22-11-10-21-20-12-14-31-17-26(20)34-25-13-15-30-16-23(25)32-29(34)27(21)28(22)33/h1-17H. The Morgan fingerprint density at radius 2 is 1.32 bits per heavy atom. The molecule has 0 N–H and O–H groups in total. The molecule has 0 aliphatic rings. The second-order valence-electron chi connectivity index (χ2n) is 8.60. The van der Waals surface area contributed by atoms with Crippen LogP contribution in [0, 0.1) is 0 Å². The molecule has 0 aliphatic heterocycles. The molecule has 0 radical (unpaired) electrons. The summed E-state index contributed by atoms with van der Waals surface area (Å²) < 4.78 is 4.60. The molecule has 8 aromatic rings. The van der Waals surface area contributed by atoms with Crippen molar-refractivity contribution in [3.05, 3.63) is 104 Å². The van der Waals surface area contributed by atoms with Gasteiger partial charge < -0.3 is 4.57 Å². The Hall–Kier alpha value is -4.77. The van der Waals surface area contributed by atoms with Crippen LogP contribution in [0.4, 0.5) is 0 Å². The van der Waals surface area contributed by atoms with Gasteiger partial charge >= 0.3 is 0 Å². The number of aromatic nitrogens is 5. The van der Waals surface area contributed by atoms with Crippen molar-refractivity contribution < 1.29 is 0 Å². The van der Waals surface area contributed by atoms with Crippen molar-refractivity contribution >= 4 is 60.2 Å². The van der Waals surface area contributed by atoms with Crippen LogP contribution < -0.4 is 0 Å². The molecule has 0 saturated carbocycles. The van der Waals surface area contributed by atoms with E-state index in [1.165, 1.54) is 21.7 Å². The van der Waals surface area contributed by atoms with Crippen LogP contribution in [0.5, 0.6) is 0 Å². The third-order valence-corrected chi connectivity index (χ3v) is 6.86. The highest BCUT2D eigenvalue weighted by atomic mass is 15.0. The maximum absolute atomic E-state index is 5.11. The normalized spacial score (nSPS) is 12.1. The van der Waals surface area contributed by atoms with Gasteiger partial charge in [-0.05, 0) is 35.7 Å². The molecule has 8 rings (SSSR count). The van der Waals surface area contributed by atoms with Crippen LogP contribution in [-0.4, -0.2) is 23.9 Å². The highest BCUT2D eigenvalue weighted by Crippen LogP contribution is 2.41. The summed E-state index contributed by atoms with van der Waals surface area (Å²) in [6.07, 6.45) is 7.46. The van der Waals surface area contributed by atoms with Crippen LogP contribution in [0.3, 0.4) is 0 Å². The summed E-state index contributed by atoms with van der Waals surface area (Å²) in [5.74, 6) is 0. The van der Waals surface area contributed by atoms with Gasteiger partial charge in [0.1, 0.15) is 11.2 Å². The van der Waals surface area contributed by atoms with Gasteiger partial charge in [-0.2, -0.15) is 0 Å². The zero-order valence-corrected chi connectivity index (χ0v) is 18.1. The fourth-order valence-corrected chi connectivity index (χ4v) is 5.49. The predicted octanol–water partition coefficient (Wildman–Crippen LogP) is 6.68. The molecule has 0 atom stereocenters. The first-order valence-electron chi connectivity index (χ1n) is 11.3. The summed E-state index contributed by atoms with van der Waals surface area (Å²) in [6, 6.07) is 27.8. The van der Waals surface area contributed by atoms with E-state index < -0.39 is 0 Å². The molecule has 5 nitrogen and oxygen atoms in total. The SMILES string of the molecule is c1ccc(-n2c3ccccc3c3ccc4c5ccncc5n5c6ccncc6nc5c4c32)cc1. The van der Waals surface area contributed by atoms with E-state index in [0.717, 1.165) is 44.2 Å². The zero-order chi connectivity index (χ0) is 22.2. The molecule has 5 heteroatoms. The van der Waals surface area contributed by atoms with Crippen molar-refractivity contribution in [1.82, 2.24) is 23.9 Å². The molecule has 0 aliphatic carbocycles. The van der Waals surface area contributed by atoms with Gasteiger partial charge in [0.25, 0.3) is 0 Å². The van der Waals surface area contributed by atoms with Gasteiger partial charge in [-0.25, -0.2) is 4.98 Å². The summed E-state index contributed by atoms with van der Waals surface area (Å²) in [5, 5.41) is 5.90. The molecule has 5 aromatic heterocycles. The lowest BCUT2D eigenvalue weighted by Crippen LogP contribution is -1.97. The molecular formula is C29H17N5. The smallest absolute Gasteiger partial charge is 0.148 e. The molecule has 5 heterocycles. The van der Waals surface area contributed by atoms with E-state index in [1.807, 2.05) is 30.9 Å². The number of imidazole rings is 1. The molecule has 0 saturated heterocycles. The highest BCUT2D eigenvalue weighted by Gasteiger charge is 2.20. The van der Waals surface area contributed by atoms with E-state index in [9.17, 15) is 0 Å². The lowest BCUT2D eigenvalue weighted by Gasteiger charge is -2.13. The molecule has 3 aromatic carbocycles. The maximum Gasteiger partial charge on any atom is 0.148 e. The monoisotopic (exact) mass is 435 g/mol. The van der Waals surface area contributed by atoms with Gasteiger partial charge in [-0.3, -0.25) is 14.4 Å². The van der Waals surface area contributed by atoms with Gasteiger partial charge in [0.05, 0.1) is 39.8 Å². The summed E-state index contributed by atoms with van der Waals surface area (Å²) in [7, 11) is 0. The third-order valence-electron chi connectivity index (χ3n) is 6.86. The fourth-order valence-electron chi connectivity index (χ4n) is 5.49. The van der Waals surface area contributed by atoms with Gasteiger partial charge in [0, 0.05) is 34.2 Å². The Labute approximate surface area is 193 Å². The summed E-state index contributed by atoms with van der Waals surface area (Å²) in [6.45, 7) is 0. The van der Waals surface area contributed by atoms with Crippen molar-refractivity contribution in [2.75, 3.05) is 0 Å². The van der Waals surface area contributed by atoms with Crippen molar-refractivity contribution in [2.45, 2.75) is 0 Å². The number of hydrogen-bond donors (Lipinski definition) is 0. The van der Waals surface area contributed by atoms with Gasteiger partial charge in [0.15, 0.2) is 0 Å². The van der Waals surface area contributed by atoms with Gasteiger partial charge in [-0.1, -0.05) is 48.5 Å². The molecule has 0 unspecified atom stereocenters. The number of hydrogen-bond acceptors (Lipinski definition) is 3. The summed E-state index contributed by atoms with van der Waals surface area (Å²) >= 11 is 0. The Kier molecular flexibility index (Phi) is 3.34. The van der Waals surface area contributed by atoms with Crippen LogP contribution in [-0.2, 0) is 0 Å². The Morgan fingerprint density at radius 3 is 2.26 bits per heavy atom. The minimum absolute atomic E-state index is 0.875. The minimum Gasteiger partial charge on any atom is -0.308 e. The van der Waals surface area contributed by atoms with E-state index in [2.05, 4.69) is 91.7 Å². The number of pyridine rings is 3. The maximum atomic E-state index is 5.11. The van der Waals surface area contributed by atoms with Crippen molar-refractivity contribution in [3.8, 4) is 5.69 Å². The first-order chi connectivity index (χ1) is 16.9. The number of rotatable bonds is 1. The van der Waals surface area contributed by atoms with E-state index in [-0.39, 0.29) is 0 Å². The van der Waals surface area contributed by atoms with Crippen molar-refractivity contribution in [3.63, 3.8) is 0 Å². The first kappa shape index (κ1) is 17.7. The van der Waals surface area contributed by atoms with E-state index in [4.69, 9.17) is 4.98 Å². The van der Waals surface area contributed by atoms with Gasteiger partial charge in [0.2, 0.25) is 0 Å². The molecule has 0 fully saturated rings. The Balaban J connectivity index is 1.76. The van der Waals surface area contributed by atoms with Crippen LogP contribution in [0.1, 0.15) is 0 Å². The number of para-hydroxylation sites is 2. The first-order valence-corrected chi connectivity index (χ1v) is 11.3. The zero-order valence-electron chi connectivity index (χ0n) is 18.1. The number of benzene rings is 3. The van der Waals surface area contributed by atoms with E-state index >= 15 is 0 Å². The van der Waals surface area contributed by atoms with E-state index in [1.54, 1.807) is 0 Å². The summed E-state index contributed by atoms with van der Waals surface area (Å²) in [4.78, 5) is 13.9. The lowest BCUT2D eigenvalue weighted by atomic mass is 10.0. The fraction of sp³-hybridized carbons (Fsp3) is 0. The second-order valence-corrected chi connectivity index (χ2v) is 8.60. The topological polar surface area (TPSA) is 48.0 Å². The van der Waals surface area contributed by atoms with Crippen LogP contribution in [0.15, 0.2) is 104 Å². The molecular weight excluding hydrogens is 418 g/mol. The van der Waals surface area contributed by atoms with Crippen LogP contribution >= 0.6 is 0 Å². The minimum atomic E-state index is 0.875. The molecule has 0 amide bonds. The molecule has 34 heavy (non-hydrogen) atoms. The van der Waals surface area contributed by atoms with Crippen LogP contribution in [0.2, 0.25) is 0 Å². The quantitative estimate of drug-likeness (QED) is 0.270. The number of fused-ring (bicyclic) bond motifs is 12. The van der Waals surface area contributed by atoms with E-state index in [0.29, 0.717) is 0 Å². The molecule has 0 spiro atoms. The molecule has 158 valence electrons. The molecule has 0 bridgehead atoms. The third kappa shape index (κ3) is 2.16. The van der Waals surface area contributed by atoms with Gasteiger partial charge in [-0.15, -0.1) is 0 Å². The van der Waals surface area contributed by atoms with Crippen molar-refractivity contribution in [1.29, 1.82) is 0 Å². The average Bonchev–Trinajstić information content (AvgIpc) is 3.45.